The predicted molar refractivity (Wildman–Crippen MR) is 186 cm³/mol. The van der Waals surface area contributed by atoms with Gasteiger partial charge in [-0.25, -0.2) is 0 Å². The number of rotatable bonds is 17. The molecule has 1 aliphatic rings. The van der Waals surface area contributed by atoms with Gasteiger partial charge in [-0.15, -0.1) is 10.1 Å². The smallest absolute Gasteiger partial charge is 0.299 e. The molecule has 0 aliphatic heterocycles. The Kier molecular flexibility index (Phi) is 25.6. The van der Waals surface area contributed by atoms with Gasteiger partial charge in [0.2, 0.25) is 0 Å². The summed E-state index contributed by atoms with van der Waals surface area (Å²) in [5.74, 6) is -0.643. The molecule has 2 aromatic carbocycles. The Hall–Kier alpha value is -4.74. The highest BCUT2D eigenvalue weighted by molar-refractivity contribution is 5.58. The van der Waals surface area contributed by atoms with Crippen LogP contribution in [0.3, 0.4) is 0 Å². The number of methoxy groups -OCH3 is 1. The van der Waals surface area contributed by atoms with Crippen LogP contribution in [0.25, 0.3) is 6.08 Å². The third kappa shape index (κ3) is 23.3. The molecule has 0 N–H and O–H groups in total. The normalized spacial score (nSPS) is 15.2. The van der Waals surface area contributed by atoms with Crippen LogP contribution < -0.4 is 14.2 Å². The van der Waals surface area contributed by atoms with Crippen molar-refractivity contribution in [3.05, 3.63) is 94.6 Å². The Labute approximate surface area is 288 Å². The van der Waals surface area contributed by atoms with E-state index in [0.717, 1.165) is 30.9 Å². The molecule has 1 fully saturated rings. The number of para-hydroxylation sites is 1. The monoisotopic (exact) mass is 691 g/mol. The van der Waals surface area contributed by atoms with Crippen LogP contribution in [-0.2, 0) is 19.2 Å². The van der Waals surface area contributed by atoms with E-state index in [1.54, 1.807) is 42.5 Å². The summed E-state index contributed by atoms with van der Waals surface area (Å²) in [4.78, 5) is 32.7. The number of ether oxygens (including phenoxy) is 4. The van der Waals surface area contributed by atoms with Crippen molar-refractivity contribution in [2.24, 2.45) is 11.8 Å². The molecule has 0 amide bonds. The van der Waals surface area contributed by atoms with Crippen molar-refractivity contribution in [2.45, 2.75) is 72.1 Å². The van der Waals surface area contributed by atoms with E-state index in [4.69, 9.17) is 14.2 Å². The molecule has 1 aliphatic carbocycles. The summed E-state index contributed by atoms with van der Waals surface area (Å²) >= 11 is 0. The van der Waals surface area contributed by atoms with Crippen LogP contribution >= 0.6 is 0 Å². The molecular weight excluding hydrogens is 640 g/mol. The van der Waals surface area contributed by atoms with E-state index in [-0.39, 0.29) is 19.7 Å². The lowest BCUT2D eigenvalue weighted by atomic mass is 9.97. The lowest BCUT2D eigenvalue weighted by Gasteiger charge is -2.15. The predicted octanol–water partition coefficient (Wildman–Crippen LogP) is 9.08. The van der Waals surface area contributed by atoms with Gasteiger partial charge in [-0.05, 0) is 74.4 Å². The third-order valence-corrected chi connectivity index (χ3v) is 6.84. The first-order valence-corrected chi connectivity index (χ1v) is 16.2. The van der Waals surface area contributed by atoms with Crippen molar-refractivity contribution in [1.29, 1.82) is 0 Å². The van der Waals surface area contributed by atoms with E-state index in [9.17, 15) is 28.5 Å². The fourth-order valence-electron chi connectivity index (χ4n) is 4.29. The Morgan fingerprint density at radius 1 is 1.00 bits per heavy atom. The Morgan fingerprint density at radius 2 is 1.73 bits per heavy atom. The van der Waals surface area contributed by atoms with Crippen LogP contribution in [-0.4, -0.2) is 50.9 Å². The molecule has 2 unspecified atom stereocenters. The van der Waals surface area contributed by atoms with Gasteiger partial charge in [0.1, 0.15) is 19.0 Å². The molecule has 2 aromatic rings. The molecule has 0 bridgehead atoms. The molecule has 1 saturated carbocycles. The number of allylic oxidation sites excluding steroid dienone is 4. The van der Waals surface area contributed by atoms with Crippen molar-refractivity contribution in [3.63, 3.8) is 0 Å². The Morgan fingerprint density at radius 3 is 2.29 bits per heavy atom. The highest BCUT2D eigenvalue weighted by Gasteiger charge is 2.28. The number of alkyl halides is 2. The molecule has 0 heterocycles. The van der Waals surface area contributed by atoms with E-state index in [1.165, 1.54) is 26.4 Å². The lowest BCUT2D eigenvalue weighted by molar-refractivity contribution is -0.757. The molecule has 0 aromatic heterocycles. The molecule has 272 valence electrons. The number of carbonyl (C=O) groups excluding carboxylic acids is 2. The highest BCUT2D eigenvalue weighted by atomic mass is 19.3. The van der Waals surface area contributed by atoms with Crippen molar-refractivity contribution in [2.75, 3.05) is 26.9 Å². The molecule has 0 spiro atoms. The van der Waals surface area contributed by atoms with Crippen LogP contribution in [0.4, 0.5) is 8.78 Å². The maximum Gasteiger partial charge on any atom is 0.299 e. The number of carbonyl (C=O) groups is 2. The maximum atomic E-state index is 13.7. The molecule has 3 rings (SSSR count). The van der Waals surface area contributed by atoms with Gasteiger partial charge in [-0.3, -0.25) is 9.59 Å². The quantitative estimate of drug-likeness (QED) is 0.0525. The van der Waals surface area contributed by atoms with Gasteiger partial charge in [0.05, 0.1) is 7.11 Å². The first-order valence-electron chi connectivity index (χ1n) is 16.2. The van der Waals surface area contributed by atoms with Gasteiger partial charge >= 0.3 is 0 Å². The first kappa shape index (κ1) is 44.3. The average molecular weight is 692 g/mol. The summed E-state index contributed by atoms with van der Waals surface area (Å²) in [5, 5.41) is 8.45. The van der Waals surface area contributed by atoms with E-state index < -0.39 is 17.6 Å². The summed E-state index contributed by atoms with van der Waals surface area (Å²) in [5.41, 5.74) is 1.00. The Bertz CT molecular complexity index is 1250. The van der Waals surface area contributed by atoms with Crippen LogP contribution in [0.15, 0.2) is 78.9 Å². The zero-order chi connectivity index (χ0) is 36.8. The minimum atomic E-state index is -2.90. The number of unbranched alkanes of at least 4 members (excludes halogenated alkanes) is 2. The molecule has 0 saturated heterocycles. The van der Waals surface area contributed by atoms with Gasteiger partial charge in [0, 0.05) is 0 Å². The largest absolute Gasteiger partial charge is 0.493 e. The highest BCUT2D eigenvalue weighted by Crippen LogP contribution is 2.33. The van der Waals surface area contributed by atoms with E-state index in [2.05, 4.69) is 42.5 Å². The van der Waals surface area contributed by atoms with Crippen molar-refractivity contribution in [1.82, 2.24) is 0 Å². The fourth-order valence-corrected chi connectivity index (χ4v) is 4.29. The number of nitrogens with zero attached hydrogens (tertiary/aromatic N) is 1. The summed E-state index contributed by atoms with van der Waals surface area (Å²) in [6.45, 7) is 8.00. The van der Waals surface area contributed by atoms with Crippen LogP contribution in [0.1, 0.15) is 71.8 Å². The molecule has 2 atom stereocenters. The second-order valence-corrected chi connectivity index (χ2v) is 10.7. The first-order chi connectivity index (χ1) is 23.6. The molecule has 0 radical (unpaired) electrons. The standard InChI is InChI=1S/C16H20F2O.C11H12O3.C7H14.C3H5NO5/c1-13-6-5-7-14(13)10-11-16(17,18)12-19-15-8-3-2-4-9-15;1-3-4-9-5-6-10(14-8-12)11(7-9)13-2;1-3-5-7-6-4-2;5-3-8-1-2-9-4(6)7/h2-4,8-11,13-14H,5-7,12H2,1H3;3-8H,1-2H3;3,5H,4,6-7H2,1-2H3;3H,1-2H2/b11-10+;4-3+;5-3-;. The lowest BCUT2D eigenvalue weighted by Crippen LogP contribution is -2.23. The third-order valence-electron chi connectivity index (χ3n) is 6.84. The van der Waals surface area contributed by atoms with Crippen LogP contribution in [0, 0.1) is 22.0 Å². The second-order valence-electron chi connectivity index (χ2n) is 10.7. The zero-order valence-electron chi connectivity index (χ0n) is 29.1. The van der Waals surface area contributed by atoms with E-state index in [0.29, 0.717) is 35.6 Å². The van der Waals surface area contributed by atoms with Gasteiger partial charge in [0.15, 0.2) is 18.1 Å². The molecule has 49 heavy (non-hydrogen) atoms. The fraction of sp³-hybridized carbons (Fsp3) is 0.459. The van der Waals surface area contributed by atoms with Crippen molar-refractivity contribution >= 4 is 19.0 Å². The SMILES string of the molecule is C/C=C/c1ccc(OC=O)c(OC)c1.C/C=C\CCCC.CC1CCCC1/C=C/C(F)(F)COc1ccccc1.O=COCCO[N+](=O)[O-]. The second kappa shape index (κ2) is 28.3. The summed E-state index contributed by atoms with van der Waals surface area (Å²) in [6, 6.07) is 14.1. The van der Waals surface area contributed by atoms with Gasteiger partial charge in [0.25, 0.3) is 24.0 Å². The van der Waals surface area contributed by atoms with Gasteiger partial charge < -0.3 is 23.8 Å². The summed E-state index contributed by atoms with van der Waals surface area (Å²) in [7, 11) is 1.53. The van der Waals surface area contributed by atoms with Crippen LogP contribution in [0.2, 0.25) is 0 Å². The van der Waals surface area contributed by atoms with Crippen molar-refractivity contribution in [3.8, 4) is 17.2 Å². The van der Waals surface area contributed by atoms with Crippen molar-refractivity contribution < 1.29 is 47.2 Å². The summed E-state index contributed by atoms with van der Waals surface area (Å²) in [6.07, 6.45) is 18.1. The molecular formula is C37H51F2NO9. The zero-order valence-corrected chi connectivity index (χ0v) is 29.1. The average Bonchev–Trinajstić information content (AvgIpc) is 3.52. The topological polar surface area (TPSA) is 123 Å². The number of benzene rings is 2. The van der Waals surface area contributed by atoms with Gasteiger partial charge in [-0.2, -0.15) is 8.78 Å². The summed E-state index contributed by atoms with van der Waals surface area (Å²) < 4.78 is 46.3. The number of hydrogen-bond acceptors (Lipinski definition) is 9. The van der Waals surface area contributed by atoms with E-state index in [1.807, 2.05) is 31.2 Å². The van der Waals surface area contributed by atoms with Gasteiger partial charge in [-0.1, -0.05) is 94.2 Å². The molecule has 10 nitrogen and oxygen atoms in total. The number of hydrogen-bond donors (Lipinski definition) is 0. The van der Waals surface area contributed by atoms with Crippen LogP contribution in [0.5, 0.6) is 17.2 Å². The van der Waals surface area contributed by atoms with E-state index >= 15 is 0 Å². The molecule has 12 heteroatoms. The minimum absolute atomic E-state index is 0.0928. The Balaban J connectivity index is 0.000000677. The minimum Gasteiger partial charge on any atom is -0.493 e. The maximum absolute atomic E-state index is 13.7. The number of halogens is 2.